The van der Waals surface area contributed by atoms with Gasteiger partial charge in [-0.3, -0.25) is 0 Å². The number of benzene rings is 2. The summed E-state index contributed by atoms with van der Waals surface area (Å²) in [5.74, 6) is 1.60. The fraction of sp³-hybridized carbons (Fsp3) is 0.417. The lowest BCUT2D eigenvalue weighted by Gasteiger charge is -2.21. The van der Waals surface area contributed by atoms with Crippen molar-refractivity contribution in [2.45, 2.75) is 26.4 Å². The number of guanidine groups is 1. The molecule has 0 saturated carbocycles. The molecule has 2 heterocycles. The number of nitrogens with zero attached hydrogens (tertiary/aromatic N) is 4. The Morgan fingerprint density at radius 1 is 1.16 bits per heavy atom. The average Bonchev–Trinajstić information content (AvgIpc) is 3.40. The van der Waals surface area contributed by atoms with Crippen molar-refractivity contribution in [3.63, 3.8) is 0 Å². The first-order valence-electron chi connectivity index (χ1n) is 10.8. The Morgan fingerprint density at radius 2 is 1.94 bits per heavy atom. The molecule has 0 radical (unpaired) electrons. The van der Waals surface area contributed by atoms with Crippen molar-refractivity contribution in [3.05, 3.63) is 66.0 Å². The minimum absolute atomic E-state index is 0. The highest BCUT2D eigenvalue weighted by molar-refractivity contribution is 14.0. The quantitative estimate of drug-likeness (QED) is 0.282. The average molecular weight is 533 g/mol. The molecular formula is C24H32IN5O. The molecule has 1 fully saturated rings. The Morgan fingerprint density at radius 3 is 2.71 bits per heavy atom. The first-order chi connectivity index (χ1) is 14.8. The first kappa shape index (κ1) is 23.5. The molecule has 0 bridgehead atoms. The van der Waals surface area contributed by atoms with E-state index >= 15 is 0 Å². The lowest BCUT2D eigenvalue weighted by atomic mass is 10.1. The number of rotatable bonds is 7. The highest BCUT2D eigenvalue weighted by atomic mass is 127. The van der Waals surface area contributed by atoms with E-state index in [1.54, 1.807) is 7.11 Å². The van der Waals surface area contributed by atoms with Crippen LogP contribution in [0.2, 0.25) is 0 Å². The largest absolute Gasteiger partial charge is 0.384 e. The summed E-state index contributed by atoms with van der Waals surface area (Å²) >= 11 is 0. The number of ether oxygens (including phenoxy) is 1. The third-order valence-electron chi connectivity index (χ3n) is 5.64. The van der Waals surface area contributed by atoms with Crippen molar-refractivity contribution >= 4 is 41.0 Å². The fourth-order valence-corrected chi connectivity index (χ4v) is 4.07. The molecule has 1 saturated heterocycles. The SMILES string of the molecule is CCNC(=NCc1ccc(Cn2cnc3ccccc32)cc1)N1CCC(COC)C1.I. The van der Waals surface area contributed by atoms with Crippen molar-refractivity contribution in [2.24, 2.45) is 10.9 Å². The molecule has 0 amide bonds. The molecule has 0 aliphatic carbocycles. The van der Waals surface area contributed by atoms with Crippen LogP contribution < -0.4 is 5.32 Å². The third kappa shape index (κ3) is 5.98. The number of halogens is 1. The van der Waals surface area contributed by atoms with Crippen LogP contribution in [0.5, 0.6) is 0 Å². The molecule has 6 nitrogen and oxygen atoms in total. The Labute approximate surface area is 201 Å². The Bertz CT molecular complexity index is 985. The summed E-state index contributed by atoms with van der Waals surface area (Å²) in [4.78, 5) is 11.7. The Kier molecular flexibility index (Phi) is 8.71. The molecule has 0 spiro atoms. The summed E-state index contributed by atoms with van der Waals surface area (Å²) in [6.07, 6.45) is 3.08. The molecule has 166 valence electrons. The molecule has 31 heavy (non-hydrogen) atoms. The maximum Gasteiger partial charge on any atom is 0.194 e. The summed E-state index contributed by atoms with van der Waals surface area (Å²) in [5.41, 5.74) is 4.69. The fourth-order valence-electron chi connectivity index (χ4n) is 4.07. The zero-order valence-corrected chi connectivity index (χ0v) is 20.7. The summed E-state index contributed by atoms with van der Waals surface area (Å²) in [6, 6.07) is 17.0. The predicted octanol–water partition coefficient (Wildman–Crippen LogP) is 4.14. The normalized spacial score (nSPS) is 16.5. The van der Waals surface area contributed by atoms with Crippen LogP contribution in [-0.4, -0.2) is 53.8 Å². The molecule has 1 unspecified atom stereocenters. The van der Waals surface area contributed by atoms with Gasteiger partial charge in [0.05, 0.1) is 30.5 Å². The molecule has 1 N–H and O–H groups in total. The zero-order valence-electron chi connectivity index (χ0n) is 18.3. The topological polar surface area (TPSA) is 54.7 Å². The Hall–Kier alpha value is -2.13. The van der Waals surface area contributed by atoms with Gasteiger partial charge < -0.3 is 19.5 Å². The number of aliphatic imine (C=N–C) groups is 1. The highest BCUT2D eigenvalue weighted by Crippen LogP contribution is 2.17. The van der Waals surface area contributed by atoms with Gasteiger partial charge in [0.1, 0.15) is 0 Å². The number of para-hydroxylation sites is 2. The van der Waals surface area contributed by atoms with Crippen LogP contribution in [-0.2, 0) is 17.8 Å². The summed E-state index contributed by atoms with van der Waals surface area (Å²) in [7, 11) is 1.78. The maximum atomic E-state index is 5.32. The minimum Gasteiger partial charge on any atom is -0.384 e. The number of imidazole rings is 1. The van der Waals surface area contributed by atoms with Crippen LogP contribution in [0.4, 0.5) is 0 Å². The Balaban J connectivity index is 0.00000272. The van der Waals surface area contributed by atoms with E-state index < -0.39 is 0 Å². The molecule has 1 atom stereocenters. The second-order valence-electron chi connectivity index (χ2n) is 7.90. The van der Waals surface area contributed by atoms with Gasteiger partial charge in [-0.2, -0.15) is 0 Å². The summed E-state index contributed by atoms with van der Waals surface area (Å²) in [6.45, 7) is 7.37. The van der Waals surface area contributed by atoms with Gasteiger partial charge in [0.2, 0.25) is 0 Å². The standard InChI is InChI=1S/C24H31N5O.HI/c1-3-25-24(28-13-12-21(16-28)17-30-2)26-14-19-8-10-20(11-9-19)15-29-18-27-22-6-4-5-7-23(22)29;/h4-11,18,21H,3,12-17H2,1-2H3,(H,25,26);1H. The van der Waals surface area contributed by atoms with Gasteiger partial charge in [0, 0.05) is 39.2 Å². The zero-order chi connectivity index (χ0) is 20.8. The van der Waals surface area contributed by atoms with E-state index in [2.05, 4.69) is 63.1 Å². The van der Waals surface area contributed by atoms with E-state index in [9.17, 15) is 0 Å². The van der Waals surface area contributed by atoms with Crippen LogP contribution in [0.3, 0.4) is 0 Å². The van der Waals surface area contributed by atoms with Crippen LogP contribution in [0.1, 0.15) is 24.5 Å². The molecular weight excluding hydrogens is 501 g/mol. The second kappa shape index (κ2) is 11.5. The van der Waals surface area contributed by atoms with E-state index in [1.807, 2.05) is 18.5 Å². The van der Waals surface area contributed by atoms with Crippen LogP contribution >= 0.6 is 24.0 Å². The number of fused-ring (bicyclic) bond motifs is 1. The van der Waals surface area contributed by atoms with E-state index in [1.165, 1.54) is 16.6 Å². The third-order valence-corrected chi connectivity index (χ3v) is 5.64. The van der Waals surface area contributed by atoms with Gasteiger partial charge in [-0.25, -0.2) is 9.98 Å². The number of hydrogen-bond donors (Lipinski definition) is 1. The highest BCUT2D eigenvalue weighted by Gasteiger charge is 2.24. The van der Waals surface area contributed by atoms with Crippen LogP contribution in [0, 0.1) is 5.92 Å². The van der Waals surface area contributed by atoms with E-state index in [-0.39, 0.29) is 24.0 Å². The smallest absolute Gasteiger partial charge is 0.194 e. The lowest BCUT2D eigenvalue weighted by Crippen LogP contribution is -2.40. The predicted molar refractivity (Wildman–Crippen MR) is 137 cm³/mol. The van der Waals surface area contributed by atoms with Gasteiger partial charge in [0.25, 0.3) is 0 Å². The minimum atomic E-state index is 0. The summed E-state index contributed by atoms with van der Waals surface area (Å²) in [5, 5.41) is 3.44. The number of nitrogens with one attached hydrogen (secondary N) is 1. The van der Waals surface area contributed by atoms with Crippen molar-refractivity contribution in [3.8, 4) is 0 Å². The van der Waals surface area contributed by atoms with Crippen molar-refractivity contribution in [1.82, 2.24) is 19.8 Å². The maximum absolute atomic E-state index is 5.32. The molecule has 1 aliphatic heterocycles. The number of aromatic nitrogens is 2. The molecule has 7 heteroatoms. The summed E-state index contributed by atoms with van der Waals surface area (Å²) < 4.78 is 7.51. The molecule has 1 aliphatic rings. The second-order valence-corrected chi connectivity index (χ2v) is 7.90. The van der Waals surface area contributed by atoms with Crippen molar-refractivity contribution in [1.29, 1.82) is 0 Å². The monoisotopic (exact) mass is 533 g/mol. The lowest BCUT2D eigenvalue weighted by molar-refractivity contribution is 0.157. The van der Waals surface area contributed by atoms with E-state index in [0.29, 0.717) is 12.5 Å². The van der Waals surface area contributed by atoms with Crippen LogP contribution in [0.25, 0.3) is 11.0 Å². The number of hydrogen-bond acceptors (Lipinski definition) is 3. The van der Waals surface area contributed by atoms with Gasteiger partial charge in [-0.1, -0.05) is 36.4 Å². The molecule has 1 aromatic heterocycles. The number of likely N-dealkylation sites (tertiary alicyclic amines) is 1. The van der Waals surface area contributed by atoms with E-state index in [4.69, 9.17) is 9.73 Å². The van der Waals surface area contributed by atoms with Gasteiger partial charge in [-0.05, 0) is 36.6 Å². The number of methoxy groups -OCH3 is 1. The first-order valence-corrected chi connectivity index (χ1v) is 10.8. The molecule has 2 aromatic carbocycles. The molecule has 3 aromatic rings. The van der Waals surface area contributed by atoms with E-state index in [0.717, 1.165) is 50.7 Å². The van der Waals surface area contributed by atoms with Gasteiger partial charge >= 0.3 is 0 Å². The van der Waals surface area contributed by atoms with Crippen molar-refractivity contribution < 1.29 is 4.74 Å². The van der Waals surface area contributed by atoms with Gasteiger partial charge in [-0.15, -0.1) is 24.0 Å². The van der Waals surface area contributed by atoms with Gasteiger partial charge in [0.15, 0.2) is 5.96 Å². The van der Waals surface area contributed by atoms with Crippen LogP contribution in [0.15, 0.2) is 59.9 Å². The van der Waals surface area contributed by atoms with Crippen molar-refractivity contribution in [2.75, 3.05) is 33.4 Å². The molecule has 4 rings (SSSR count).